The summed E-state index contributed by atoms with van der Waals surface area (Å²) < 4.78 is 0. The number of nitrogens with one attached hydrogen (secondary N) is 1. The fraction of sp³-hybridized carbons (Fsp3) is 0.579. The highest BCUT2D eigenvalue weighted by molar-refractivity contribution is 5.94. The maximum atomic E-state index is 13.2. The molecule has 0 saturated carbocycles. The molecule has 130 valence electrons. The largest absolute Gasteiger partial charge is 0.305 e. The van der Waals surface area contributed by atoms with Gasteiger partial charge in [-0.25, -0.2) is 5.01 Å². The number of ketones is 1. The van der Waals surface area contributed by atoms with Gasteiger partial charge in [-0.05, 0) is 31.9 Å². The molecular weight excluding hydrogens is 302 g/mol. The van der Waals surface area contributed by atoms with E-state index in [0.29, 0.717) is 19.0 Å². The Labute approximate surface area is 144 Å². The summed E-state index contributed by atoms with van der Waals surface area (Å²) in [5.41, 5.74) is 0.544. The zero-order valence-electron chi connectivity index (χ0n) is 15.0. The van der Waals surface area contributed by atoms with Crippen molar-refractivity contribution in [2.24, 2.45) is 5.92 Å². The summed E-state index contributed by atoms with van der Waals surface area (Å²) in [5, 5.41) is 7.07. The number of hydrogen-bond donors (Lipinski definition) is 1. The normalized spacial score (nSPS) is 30.2. The van der Waals surface area contributed by atoms with Crippen molar-refractivity contribution in [3.05, 3.63) is 35.9 Å². The number of amides is 1. The van der Waals surface area contributed by atoms with Crippen LogP contribution in [0.3, 0.4) is 0 Å². The van der Waals surface area contributed by atoms with Gasteiger partial charge in [-0.2, -0.15) is 0 Å². The van der Waals surface area contributed by atoms with Gasteiger partial charge in [-0.15, -0.1) is 0 Å². The minimum absolute atomic E-state index is 0.0392. The second kappa shape index (κ2) is 6.30. The molecule has 0 aliphatic carbocycles. The van der Waals surface area contributed by atoms with Crippen LogP contribution in [0.4, 0.5) is 0 Å². The molecule has 5 nitrogen and oxygen atoms in total. The first-order chi connectivity index (χ1) is 11.4. The summed E-state index contributed by atoms with van der Waals surface area (Å²) in [6, 6.07) is 9.65. The number of Topliss-reactive ketones (excluding diaryl/α,β-unsaturated/α-hetero) is 1. The summed E-state index contributed by atoms with van der Waals surface area (Å²) in [4.78, 5) is 25.6. The van der Waals surface area contributed by atoms with Gasteiger partial charge < -0.3 is 5.32 Å². The van der Waals surface area contributed by atoms with Crippen LogP contribution in [0.1, 0.15) is 38.7 Å². The van der Waals surface area contributed by atoms with Crippen molar-refractivity contribution in [1.29, 1.82) is 0 Å². The first kappa shape index (κ1) is 17.1. The number of benzene rings is 1. The van der Waals surface area contributed by atoms with Gasteiger partial charge in [0.2, 0.25) is 0 Å². The summed E-state index contributed by atoms with van der Waals surface area (Å²) in [6.45, 7) is 7.19. The van der Waals surface area contributed by atoms with Crippen LogP contribution in [0.2, 0.25) is 0 Å². The van der Waals surface area contributed by atoms with Gasteiger partial charge in [-0.1, -0.05) is 44.2 Å². The minimum atomic E-state index is -0.580. The van der Waals surface area contributed by atoms with Crippen molar-refractivity contribution < 1.29 is 9.59 Å². The Morgan fingerprint density at radius 3 is 2.54 bits per heavy atom. The van der Waals surface area contributed by atoms with Crippen LogP contribution >= 0.6 is 0 Å². The van der Waals surface area contributed by atoms with Crippen molar-refractivity contribution in [2.75, 3.05) is 20.1 Å². The van der Waals surface area contributed by atoms with E-state index in [1.165, 1.54) is 0 Å². The number of hydrazine groups is 1. The molecule has 2 heterocycles. The number of fused-ring (bicyclic) bond motifs is 1. The van der Waals surface area contributed by atoms with Gasteiger partial charge in [-0.3, -0.25) is 14.6 Å². The average Bonchev–Trinajstić information content (AvgIpc) is 3.03. The molecule has 2 aliphatic heterocycles. The number of carbonyl (C=O) groups excluding carboxylic acids is 2. The molecule has 3 unspecified atom stereocenters. The molecular formula is C19H27N3O2. The van der Waals surface area contributed by atoms with Gasteiger partial charge in [0.15, 0.2) is 5.78 Å². The molecule has 0 bridgehead atoms. The Bertz CT molecular complexity index is 631. The van der Waals surface area contributed by atoms with Crippen LogP contribution in [-0.2, 0) is 9.59 Å². The summed E-state index contributed by atoms with van der Waals surface area (Å²) >= 11 is 0. The topological polar surface area (TPSA) is 52.7 Å². The zero-order valence-corrected chi connectivity index (χ0v) is 15.0. The fourth-order valence-corrected chi connectivity index (χ4v) is 4.34. The van der Waals surface area contributed by atoms with Crippen LogP contribution in [0.25, 0.3) is 0 Å². The molecule has 2 fully saturated rings. The number of nitrogens with zero attached hydrogens (tertiary/aromatic N) is 2. The van der Waals surface area contributed by atoms with E-state index in [-0.39, 0.29) is 17.6 Å². The maximum absolute atomic E-state index is 13.2. The third-order valence-corrected chi connectivity index (χ3v) is 5.31. The van der Waals surface area contributed by atoms with Crippen LogP contribution in [-0.4, -0.2) is 53.4 Å². The number of carbonyl (C=O) groups is 2. The monoisotopic (exact) mass is 329 g/mol. The van der Waals surface area contributed by atoms with Gasteiger partial charge in [0.05, 0.1) is 0 Å². The Balaban J connectivity index is 1.94. The predicted molar refractivity (Wildman–Crippen MR) is 93.3 cm³/mol. The third-order valence-electron chi connectivity index (χ3n) is 5.31. The number of rotatable bonds is 5. The Kier molecular flexibility index (Phi) is 4.49. The predicted octanol–water partition coefficient (Wildman–Crippen LogP) is 1.80. The third kappa shape index (κ3) is 2.66. The second-order valence-electron chi connectivity index (χ2n) is 7.50. The van der Waals surface area contributed by atoms with E-state index < -0.39 is 11.6 Å². The number of hydrogen-bond acceptors (Lipinski definition) is 4. The number of likely N-dealkylation sites (N-methyl/N-ethyl adjacent to an activating group) is 1. The second-order valence-corrected chi connectivity index (χ2v) is 7.50. The van der Waals surface area contributed by atoms with Gasteiger partial charge in [0.1, 0.15) is 11.6 Å². The first-order valence-electron chi connectivity index (χ1n) is 8.72. The lowest BCUT2D eigenvalue weighted by molar-refractivity contribution is -0.145. The van der Waals surface area contributed by atoms with Gasteiger partial charge in [0, 0.05) is 19.0 Å². The van der Waals surface area contributed by atoms with Crippen LogP contribution in [0, 0.1) is 5.92 Å². The van der Waals surface area contributed by atoms with Gasteiger partial charge >= 0.3 is 0 Å². The first-order valence-corrected chi connectivity index (χ1v) is 8.72. The minimum Gasteiger partial charge on any atom is -0.305 e. The lowest BCUT2D eigenvalue weighted by Gasteiger charge is -2.30. The summed E-state index contributed by atoms with van der Waals surface area (Å²) in [5.74, 6) is 0.540. The Morgan fingerprint density at radius 1 is 1.33 bits per heavy atom. The van der Waals surface area contributed by atoms with E-state index in [1.807, 2.05) is 37.4 Å². The Hall–Kier alpha value is -1.72. The highest BCUT2D eigenvalue weighted by Crippen LogP contribution is 2.40. The standard InChI is InChI=1S/C19H27N3O2/c1-13(2)10-19(20-4)12-21-11-16(15-8-6-5-7-9-15)17(14(3)23)22(21)18(19)24/h5-9,13,16-17,20H,10-12H2,1-4H3. The zero-order chi connectivity index (χ0) is 17.5. The maximum Gasteiger partial charge on any atom is 0.259 e. The molecule has 0 aromatic heterocycles. The molecule has 1 aromatic rings. The van der Waals surface area contributed by atoms with Crippen LogP contribution in [0.15, 0.2) is 30.3 Å². The molecule has 1 amide bonds. The summed E-state index contributed by atoms with van der Waals surface area (Å²) in [6.07, 6.45) is 0.774. The highest BCUT2D eigenvalue weighted by Gasteiger charge is 2.58. The van der Waals surface area contributed by atoms with E-state index in [4.69, 9.17) is 0 Å². The van der Waals surface area contributed by atoms with E-state index in [0.717, 1.165) is 12.0 Å². The molecule has 3 rings (SSSR count). The molecule has 3 atom stereocenters. The SMILES string of the molecule is CNC1(CC(C)C)CN2CC(c3ccccc3)C(C(C)=O)N2C1=O. The van der Waals surface area contributed by atoms with E-state index >= 15 is 0 Å². The quantitative estimate of drug-likeness (QED) is 0.895. The average molecular weight is 329 g/mol. The molecule has 2 saturated heterocycles. The molecule has 0 spiro atoms. The molecule has 5 heteroatoms. The van der Waals surface area contributed by atoms with Crippen molar-refractivity contribution in [3.63, 3.8) is 0 Å². The van der Waals surface area contributed by atoms with Crippen LogP contribution < -0.4 is 5.32 Å². The molecule has 24 heavy (non-hydrogen) atoms. The van der Waals surface area contributed by atoms with Crippen molar-refractivity contribution in [1.82, 2.24) is 15.3 Å². The van der Waals surface area contributed by atoms with Crippen molar-refractivity contribution in [3.8, 4) is 0 Å². The lowest BCUT2D eigenvalue weighted by Crippen LogP contribution is -2.55. The molecule has 1 N–H and O–H groups in total. The highest BCUT2D eigenvalue weighted by atomic mass is 16.2. The van der Waals surface area contributed by atoms with E-state index in [2.05, 4.69) is 24.2 Å². The smallest absolute Gasteiger partial charge is 0.259 e. The van der Waals surface area contributed by atoms with E-state index in [9.17, 15) is 9.59 Å². The van der Waals surface area contributed by atoms with Crippen molar-refractivity contribution in [2.45, 2.75) is 44.7 Å². The van der Waals surface area contributed by atoms with Crippen LogP contribution in [0.5, 0.6) is 0 Å². The Morgan fingerprint density at radius 2 is 2.00 bits per heavy atom. The summed E-state index contributed by atoms with van der Waals surface area (Å²) in [7, 11) is 1.85. The van der Waals surface area contributed by atoms with Crippen molar-refractivity contribution >= 4 is 11.7 Å². The molecule has 2 aliphatic rings. The van der Waals surface area contributed by atoms with Gasteiger partial charge in [0.25, 0.3) is 5.91 Å². The lowest BCUT2D eigenvalue weighted by atomic mass is 9.85. The fourth-order valence-electron chi connectivity index (χ4n) is 4.34. The van der Waals surface area contributed by atoms with E-state index in [1.54, 1.807) is 11.9 Å². The molecule has 1 aromatic carbocycles. The molecule has 0 radical (unpaired) electrons.